The lowest BCUT2D eigenvalue weighted by molar-refractivity contribution is -0.137. The highest BCUT2D eigenvalue weighted by Crippen LogP contribution is 2.19. The van der Waals surface area contributed by atoms with Crippen molar-refractivity contribution in [1.29, 1.82) is 0 Å². The Balaban J connectivity index is 2.68. The molecule has 0 aromatic heterocycles. The van der Waals surface area contributed by atoms with E-state index in [2.05, 4.69) is 0 Å². The molecule has 0 saturated carbocycles. The van der Waals surface area contributed by atoms with E-state index in [9.17, 15) is 4.79 Å². The lowest BCUT2D eigenvalue weighted by Crippen LogP contribution is -2.36. The predicted molar refractivity (Wildman–Crippen MR) is 75.4 cm³/mol. The second kappa shape index (κ2) is 9.30. The highest BCUT2D eigenvalue weighted by molar-refractivity contribution is 5.77. The van der Waals surface area contributed by atoms with Gasteiger partial charge in [-0.1, -0.05) is 18.2 Å². The average molecular weight is 282 g/mol. The van der Waals surface area contributed by atoms with E-state index in [1.54, 1.807) is 7.11 Å². The zero-order valence-electron chi connectivity index (χ0n) is 11.7. The topological polar surface area (TPSA) is 85.0 Å². The second-order valence-electron chi connectivity index (χ2n) is 4.19. The van der Waals surface area contributed by atoms with E-state index in [1.165, 1.54) is 4.90 Å². The van der Waals surface area contributed by atoms with Crippen molar-refractivity contribution in [1.82, 2.24) is 4.90 Å². The number of methoxy groups -OCH3 is 1. The van der Waals surface area contributed by atoms with Crippen LogP contribution in [0.2, 0.25) is 0 Å². The van der Waals surface area contributed by atoms with Gasteiger partial charge in [0, 0.05) is 25.2 Å². The number of carbonyl (C=O) groups is 1. The summed E-state index contributed by atoms with van der Waals surface area (Å²) < 4.78 is 10.4. The van der Waals surface area contributed by atoms with Crippen LogP contribution >= 0.6 is 0 Å². The van der Waals surface area contributed by atoms with Gasteiger partial charge >= 0.3 is 0 Å². The van der Waals surface area contributed by atoms with Crippen molar-refractivity contribution >= 4 is 5.91 Å². The first-order valence-electron chi connectivity index (χ1n) is 6.51. The average Bonchev–Trinajstić information content (AvgIpc) is 2.47. The van der Waals surface area contributed by atoms with Gasteiger partial charge in [0.15, 0.2) is 0 Å². The van der Waals surface area contributed by atoms with Gasteiger partial charge in [0.1, 0.15) is 12.4 Å². The molecule has 6 heteroatoms. The van der Waals surface area contributed by atoms with Gasteiger partial charge in [-0.25, -0.2) is 0 Å². The maximum atomic E-state index is 12.0. The van der Waals surface area contributed by atoms with Crippen molar-refractivity contribution in [2.24, 2.45) is 5.73 Å². The normalized spacial score (nSPS) is 10.3. The second-order valence-corrected chi connectivity index (χ2v) is 4.19. The van der Waals surface area contributed by atoms with Crippen LogP contribution in [0.5, 0.6) is 5.75 Å². The Morgan fingerprint density at radius 2 is 2.15 bits per heavy atom. The molecule has 0 unspecified atom stereocenters. The molecule has 0 radical (unpaired) electrons. The van der Waals surface area contributed by atoms with E-state index in [-0.39, 0.29) is 25.7 Å². The number of carbonyl (C=O) groups excluding carboxylic acids is 1. The van der Waals surface area contributed by atoms with Crippen LogP contribution in [0.15, 0.2) is 24.3 Å². The lowest BCUT2D eigenvalue weighted by atomic mass is 10.2. The van der Waals surface area contributed by atoms with Crippen LogP contribution < -0.4 is 10.5 Å². The minimum atomic E-state index is -0.182. The molecule has 1 aromatic carbocycles. The smallest absolute Gasteiger partial charge is 0.248 e. The lowest BCUT2D eigenvalue weighted by Gasteiger charge is -2.22. The molecule has 0 atom stereocenters. The molecule has 1 aromatic rings. The van der Waals surface area contributed by atoms with Crippen LogP contribution in [0.25, 0.3) is 0 Å². The van der Waals surface area contributed by atoms with Crippen molar-refractivity contribution in [3.63, 3.8) is 0 Å². The molecule has 0 aliphatic heterocycles. The van der Waals surface area contributed by atoms with Crippen LogP contribution in [0.1, 0.15) is 5.56 Å². The first kappa shape index (κ1) is 16.4. The molecule has 6 nitrogen and oxygen atoms in total. The minimum Gasteiger partial charge on any atom is -0.496 e. The van der Waals surface area contributed by atoms with E-state index in [0.29, 0.717) is 25.4 Å². The van der Waals surface area contributed by atoms with Gasteiger partial charge in [-0.3, -0.25) is 4.79 Å². The van der Waals surface area contributed by atoms with Crippen LogP contribution in [0.4, 0.5) is 0 Å². The highest BCUT2D eigenvalue weighted by atomic mass is 16.5. The molecule has 1 rings (SSSR count). The number of nitrogens with two attached hydrogens (primary N) is 1. The number of nitrogens with zero attached hydrogens (tertiary/aromatic N) is 1. The first-order chi connectivity index (χ1) is 9.72. The van der Waals surface area contributed by atoms with Crippen molar-refractivity contribution in [3.05, 3.63) is 29.8 Å². The molecule has 0 saturated heterocycles. The summed E-state index contributed by atoms with van der Waals surface area (Å²) in [5.74, 6) is 0.532. The zero-order chi connectivity index (χ0) is 14.8. The fraction of sp³-hybridized carbons (Fsp3) is 0.500. The highest BCUT2D eigenvalue weighted by Gasteiger charge is 2.15. The van der Waals surface area contributed by atoms with Crippen LogP contribution in [-0.4, -0.2) is 55.9 Å². The molecule has 0 aliphatic carbocycles. The molecule has 1 amide bonds. The number of ether oxygens (including phenoxy) is 2. The standard InChI is InChI=1S/C14H22N2O4/c1-19-13-5-3-2-4-12(13)10-16(7-8-17)14(18)11-20-9-6-15/h2-5,17H,6-11,15H2,1H3. The van der Waals surface area contributed by atoms with Crippen molar-refractivity contribution < 1.29 is 19.4 Å². The Bertz CT molecular complexity index is 412. The quantitative estimate of drug-likeness (QED) is 0.622. The summed E-state index contributed by atoms with van der Waals surface area (Å²) in [5, 5.41) is 9.08. The van der Waals surface area contributed by atoms with Gasteiger partial charge in [-0.2, -0.15) is 0 Å². The molecule has 3 N–H and O–H groups in total. The van der Waals surface area contributed by atoms with E-state index in [4.69, 9.17) is 20.3 Å². The van der Waals surface area contributed by atoms with Crippen LogP contribution in [0, 0.1) is 0 Å². The number of aliphatic hydroxyl groups excluding tert-OH is 1. The number of amides is 1. The fourth-order valence-corrected chi connectivity index (χ4v) is 1.79. The largest absolute Gasteiger partial charge is 0.496 e. The SMILES string of the molecule is COc1ccccc1CN(CCO)C(=O)COCCN. The van der Waals surface area contributed by atoms with Gasteiger partial charge in [0.05, 0.1) is 20.3 Å². The zero-order valence-corrected chi connectivity index (χ0v) is 11.7. The predicted octanol–water partition coefficient (Wildman–Crippen LogP) is -0.00860. The third-order valence-electron chi connectivity index (χ3n) is 2.76. The Labute approximate surface area is 119 Å². The summed E-state index contributed by atoms with van der Waals surface area (Å²) in [5.41, 5.74) is 6.19. The number of rotatable bonds is 9. The molecular weight excluding hydrogens is 260 g/mol. The third kappa shape index (κ3) is 5.16. The van der Waals surface area contributed by atoms with Crippen LogP contribution in [-0.2, 0) is 16.1 Å². The van der Waals surface area contributed by atoms with E-state index >= 15 is 0 Å². The first-order valence-corrected chi connectivity index (χ1v) is 6.51. The molecule has 112 valence electrons. The summed E-state index contributed by atoms with van der Waals surface area (Å²) >= 11 is 0. The Hall–Kier alpha value is -1.63. The Kier molecular flexibility index (Phi) is 7.64. The summed E-state index contributed by atoms with van der Waals surface area (Å²) in [6.07, 6.45) is 0. The fourth-order valence-electron chi connectivity index (χ4n) is 1.79. The number of aliphatic hydroxyl groups is 1. The summed E-state index contributed by atoms with van der Waals surface area (Å²) in [6, 6.07) is 7.47. The summed E-state index contributed by atoms with van der Waals surface area (Å²) in [7, 11) is 1.58. The van der Waals surface area contributed by atoms with Gasteiger partial charge in [-0.05, 0) is 6.07 Å². The molecule has 0 heterocycles. The van der Waals surface area contributed by atoms with Crippen molar-refractivity contribution in [2.45, 2.75) is 6.54 Å². The van der Waals surface area contributed by atoms with E-state index in [0.717, 1.165) is 5.56 Å². The number of hydrogen-bond donors (Lipinski definition) is 2. The third-order valence-corrected chi connectivity index (χ3v) is 2.76. The van der Waals surface area contributed by atoms with Crippen LogP contribution in [0.3, 0.4) is 0 Å². The van der Waals surface area contributed by atoms with Gasteiger partial charge in [0.25, 0.3) is 0 Å². The molecule has 0 spiro atoms. The minimum absolute atomic E-state index is 0.0354. The molecule has 0 fully saturated rings. The summed E-state index contributed by atoms with van der Waals surface area (Å²) in [4.78, 5) is 13.6. The number of para-hydroxylation sites is 1. The number of benzene rings is 1. The maximum absolute atomic E-state index is 12.0. The molecular formula is C14H22N2O4. The van der Waals surface area contributed by atoms with E-state index in [1.807, 2.05) is 24.3 Å². The van der Waals surface area contributed by atoms with E-state index < -0.39 is 0 Å². The summed E-state index contributed by atoms with van der Waals surface area (Å²) in [6.45, 7) is 1.20. The van der Waals surface area contributed by atoms with Gasteiger partial charge in [0.2, 0.25) is 5.91 Å². The molecule has 20 heavy (non-hydrogen) atoms. The number of hydrogen-bond acceptors (Lipinski definition) is 5. The molecule has 0 bridgehead atoms. The van der Waals surface area contributed by atoms with Gasteiger partial charge in [-0.15, -0.1) is 0 Å². The van der Waals surface area contributed by atoms with Gasteiger partial charge < -0.3 is 25.2 Å². The monoisotopic (exact) mass is 282 g/mol. The Morgan fingerprint density at radius 1 is 1.40 bits per heavy atom. The molecule has 0 aliphatic rings. The maximum Gasteiger partial charge on any atom is 0.248 e. The van der Waals surface area contributed by atoms with Crippen molar-refractivity contribution in [2.75, 3.05) is 40.0 Å². The Morgan fingerprint density at radius 3 is 2.80 bits per heavy atom. The van der Waals surface area contributed by atoms with Crippen molar-refractivity contribution in [3.8, 4) is 5.75 Å².